The van der Waals surface area contributed by atoms with Gasteiger partial charge in [-0.1, -0.05) is 0 Å². The molecular formula is C18H18O7. The van der Waals surface area contributed by atoms with Crippen LogP contribution in [0.25, 0.3) is 0 Å². The van der Waals surface area contributed by atoms with E-state index in [0.717, 1.165) is 24.8 Å². The van der Waals surface area contributed by atoms with Gasteiger partial charge in [0.2, 0.25) is 5.78 Å². The Morgan fingerprint density at radius 1 is 0.880 bits per heavy atom. The van der Waals surface area contributed by atoms with Crippen molar-refractivity contribution in [3.8, 4) is 23.0 Å². The van der Waals surface area contributed by atoms with Crippen LogP contribution in [0.1, 0.15) is 31.8 Å². The number of hydrogen-bond acceptors (Lipinski definition) is 7. The predicted octanol–water partition coefficient (Wildman–Crippen LogP) is 2.44. The number of esters is 1. The van der Waals surface area contributed by atoms with E-state index in [2.05, 4.69) is 4.74 Å². The lowest BCUT2D eigenvalue weighted by atomic mass is 9.95. The van der Waals surface area contributed by atoms with Crippen LogP contribution < -0.4 is 9.47 Å². The highest BCUT2D eigenvalue weighted by atomic mass is 16.5. The van der Waals surface area contributed by atoms with E-state index in [9.17, 15) is 19.8 Å². The maximum Gasteiger partial charge on any atom is 0.338 e. The molecule has 0 aliphatic carbocycles. The number of aryl methyl sites for hydroxylation is 1. The van der Waals surface area contributed by atoms with Crippen molar-refractivity contribution in [2.45, 2.75) is 6.92 Å². The van der Waals surface area contributed by atoms with Gasteiger partial charge >= 0.3 is 5.97 Å². The van der Waals surface area contributed by atoms with E-state index < -0.39 is 17.5 Å². The SMILES string of the molecule is COC(=O)c1cc(O)cc(O)c1C(=O)c1c(OC)cc(C)cc1OC. The van der Waals surface area contributed by atoms with Crippen molar-refractivity contribution in [1.82, 2.24) is 0 Å². The third-order valence-corrected chi connectivity index (χ3v) is 3.61. The smallest absolute Gasteiger partial charge is 0.338 e. The lowest BCUT2D eigenvalue weighted by Crippen LogP contribution is -2.13. The van der Waals surface area contributed by atoms with Crippen molar-refractivity contribution in [3.63, 3.8) is 0 Å². The monoisotopic (exact) mass is 346 g/mol. The molecule has 0 aromatic heterocycles. The fourth-order valence-electron chi connectivity index (χ4n) is 2.51. The van der Waals surface area contributed by atoms with E-state index in [1.54, 1.807) is 19.1 Å². The Morgan fingerprint density at radius 2 is 1.44 bits per heavy atom. The van der Waals surface area contributed by atoms with Crippen LogP contribution in [0.5, 0.6) is 23.0 Å². The minimum absolute atomic E-state index is 0.0433. The first-order valence-electron chi connectivity index (χ1n) is 7.25. The van der Waals surface area contributed by atoms with Gasteiger partial charge in [-0.2, -0.15) is 0 Å². The summed E-state index contributed by atoms with van der Waals surface area (Å²) in [6.07, 6.45) is 0. The largest absolute Gasteiger partial charge is 0.508 e. The van der Waals surface area contributed by atoms with Crippen LogP contribution in [-0.4, -0.2) is 43.3 Å². The zero-order chi connectivity index (χ0) is 18.7. The molecule has 0 saturated carbocycles. The fraction of sp³-hybridized carbons (Fsp3) is 0.222. The first kappa shape index (κ1) is 18.1. The number of methoxy groups -OCH3 is 3. The summed E-state index contributed by atoms with van der Waals surface area (Å²) in [6, 6.07) is 5.27. The number of ketones is 1. The molecule has 0 atom stereocenters. The van der Waals surface area contributed by atoms with Gasteiger partial charge in [0.1, 0.15) is 28.6 Å². The van der Waals surface area contributed by atoms with Crippen molar-refractivity contribution in [3.05, 3.63) is 46.5 Å². The highest BCUT2D eigenvalue weighted by Crippen LogP contribution is 2.37. The third-order valence-electron chi connectivity index (χ3n) is 3.61. The van der Waals surface area contributed by atoms with Crippen LogP contribution in [0, 0.1) is 6.92 Å². The summed E-state index contributed by atoms with van der Waals surface area (Å²) in [6.45, 7) is 1.80. The Balaban J connectivity index is 2.77. The molecule has 0 saturated heterocycles. The molecular weight excluding hydrogens is 328 g/mol. The van der Waals surface area contributed by atoms with Crippen LogP contribution in [0.2, 0.25) is 0 Å². The Kier molecular flexibility index (Phi) is 5.17. The molecule has 0 radical (unpaired) electrons. The molecule has 2 aromatic rings. The highest BCUT2D eigenvalue weighted by Gasteiger charge is 2.28. The Labute approximate surface area is 144 Å². The Morgan fingerprint density at radius 3 is 1.92 bits per heavy atom. The van der Waals surface area contributed by atoms with E-state index in [1.165, 1.54) is 14.2 Å². The molecule has 0 heterocycles. The molecule has 7 heteroatoms. The zero-order valence-corrected chi connectivity index (χ0v) is 14.2. The first-order chi connectivity index (χ1) is 11.8. The van der Waals surface area contributed by atoms with Crippen molar-refractivity contribution in [2.24, 2.45) is 0 Å². The van der Waals surface area contributed by atoms with E-state index >= 15 is 0 Å². The van der Waals surface area contributed by atoms with Crippen LogP contribution in [0.15, 0.2) is 24.3 Å². The molecule has 0 unspecified atom stereocenters. The number of carbonyl (C=O) groups excluding carboxylic acids is 2. The van der Waals surface area contributed by atoms with Gasteiger partial charge in [0.15, 0.2) is 0 Å². The molecule has 132 valence electrons. The summed E-state index contributed by atoms with van der Waals surface area (Å²) < 4.78 is 15.1. The normalized spacial score (nSPS) is 10.2. The van der Waals surface area contributed by atoms with Crippen molar-refractivity contribution in [1.29, 1.82) is 0 Å². The van der Waals surface area contributed by atoms with E-state index in [1.807, 2.05) is 0 Å². The zero-order valence-electron chi connectivity index (χ0n) is 14.2. The van der Waals surface area contributed by atoms with Crippen LogP contribution in [0.4, 0.5) is 0 Å². The topological polar surface area (TPSA) is 102 Å². The molecule has 2 rings (SSSR count). The maximum atomic E-state index is 13.1. The van der Waals surface area contributed by atoms with Crippen LogP contribution in [-0.2, 0) is 4.74 Å². The lowest BCUT2D eigenvalue weighted by molar-refractivity contribution is 0.0596. The second kappa shape index (κ2) is 7.12. The van der Waals surface area contributed by atoms with Gasteiger partial charge in [0.25, 0.3) is 0 Å². The number of phenols is 2. The lowest BCUT2D eigenvalue weighted by Gasteiger charge is -2.16. The molecule has 2 N–H and O–H groups in total. The van der Waals surface area contributed by atoms with Gasteiger partial charge in [-0.15, -0.1) is 0 Å². The number of phenolic OH excluding ortho intramolecular Hbond substituents is 2. The maximum absolute atomic E-state index is 13.1. The van der Waals surface area contributed by atoms with Gasteiger partial charge in [0, 0.05) is 6.07 Å². The standard InChI is InChI=1S/C18H18O7/c1-9-5-13(23-2)16(14(6-9)24-3)17(21)15-11(18(22)25-4)7-10(19)8-12(15)20/h5-8,19-20H,1-4H3. The van der Waals surface area contributed by atoms with Crippen molar-refractivity contribution >= 4 is 11.8 Å². The number of aromatic hydroxyl groups is 2. The van der Waals surface area contributed by atoms with Crippen LogP contribution in [0.3, 0.4) is 0 Å². The Hall–Kier alpha value is -3.22. The van der Waals surface area contributed by atoms with Gasteiger partial charge in [-0.3, -0.25) is 4.79 Å². The summed E-state index contributed by atoms with van der Waals surface area (Å²) in [4.78, 5) is 25.1. The predicted molar refractivity (Wildman–Crippen MR) is 88.8 cm³/mol. The summed E-state index contributed by atoms with van der Waals surface area (Å²) in [5, 5.41) is 19.8. The average molecular weight is 346 g/mol. The molecule has 25 heavy (non-hydrogen) atoms. The van der Waals surface area contributed by atoms with Crippen LogP contribution >= 0.6 is 0 Å². The average Bonchev–Trinajstić information content (AvgIpc) is 2.58. The minimum Gasteiger partial charge on any atom is -0.508 e. The van der Waals surface area contributed by atoms with E-state index in [-0.39, 0.29) is 33.9 Å². The van der Waals surface area contributed by atoms with Crippen molar-refractivity contribution in [2.75, 3.05) is 21.3 Å². The van der Waals surface area contributed by atoms with Gasteiger partial charge < -0.3 is 24.4 Å². The molecule has 0 fully saturated rings. The molecule has 0 spiro atoms. The van der Waals surface area contributed by atoms with Gasteiger partial charge in [0.05, 0.1) is 32.5 Å². The second-order valence-electron chi connectivity index (χ2n) is 5.25. The van der Waals surface area contributed by atoms with E-state index in [4.69, 9.17) is 9.47 Å². The summed E-state index contributed by atoms with van der Waals surface area (Å²) in [7, 11) is 3.91. The number of benzene rings is 2. The number of ether oxygens (including phenoxy) is 3. The number of carbonyl (C=O) groups is 2. The number of rotatable bonds is 5. The summed E-state index contributed by atoms with van der Waals surface area (Å²) >= 11 is 0. The van der Waals surface area contributed by atoms with E-state index in [0.29, 0.717) is 0 Å². The number of hydrogen-bond donors (Lipinski definition) is 2. The Bertz CT molecular complexity index is 815. The molecule has 0 aliphatic heterocycles. The molecule has 7 nitrogen and oxygen atoms in total. The highest BCUT2D eigenvalue weighted by molar-refractivity contribution is 6.18. The molecule has 0 amide bonds. The summed E-state index contributed by atoms with van der Waals surface area (Å²) in [5.74, 6) is -2.06. The van der Waals surface area contributed by atoms with Crippen molar-refractivity contribution < 1.29 is 34.0 Å². The van der Waals surface area contributed by atoms with Gasteiger partial charge in [-0.25, -0.2) is 4.79 Å². The van der Waals surface area contributed by atoms with Gasteiger partial charge in [-0.05, 0) is 30.7 Å². The molecule has 0 bridgehead atoms. The summed E-state index contributed by atoms with van der Waals surface area (Å²) in [5.41, 5.74) is 0.259. The molecule has 2 aromatic carbocycles. The molecule has 0 aliphatic rings. The first-order valence-corrected chi connectivity index (χ1v) is 7.25. The quantitative estimate of drug-likeness (QED) is 0.633. The third kappa shape index (κ3) is 3.35. The second-order valence-corrected chi connectivity index (χ2v) is 5.25. The minimum atomic E-state index is -0.875. The fourth-order valence-corrected chi connectivity index (χ4v) is 2.51.